The van der Waals surface area contributed by atoms with E-state index in [4.69, 9.17) is 23.2 Å². The zero-order chi connectivity index (χ0) is 32.5. The molecule has 10 heteroatoms. The van der Waals surface area contributed by atoms with E-state index < -0.39 is 28.5 Å². The number of hydrogen-bond donors (Lipinski definition) is 1. The number of benzene rings is 4. The van der Waals surface area contributed by atoms with Crippen LogP contribution in [0.2, 0.25) is 10.0 Å². The molecule has 0 aliphatic heterocycles. The van der Waals surface area contributed by atoms with Crippen molar-refractivity contribution in [1.29, 1.82) is 0 Å². The van der Waals surface area contributed by atoms with Gasteiger partial charge in [0.25, 0.3) is 10.0 Å². The molecule has 1 aliphatic carbocycles. The Labute approximate surface area is 281 Å². The summed E-state index contributed by atoms with van der Waals surface area (Å²) < 4.78 is 29.2. The second kappa shape index (κ2) is 15.6. The Kier molecular flexibility index (Phi) is 11.4. The average Bonchev–Trinajstić information content (AvgIpc) is 3.07. The van der Waals surface area contributed by atoms with Gasteiger partial charge in [-0.05, 0) is 60.4 Å². The lowest BCUT2D eigenvalue weighted by Crippen LogP contribution is -2.55. The van der Waals surface area contributed by atoms with Gasteiger partial charge in [-0.2, -0.15) is 0 Å². The smallest absolute Gasteiger partial charge is 0.264 e. The van der Waals surface area contributed by atoms with Crippen molar-refractivity contribution in [2.45, 2.75) is 62.0 Å². The Hall–Kier alpha value is -3.85. The Balaban J connectivity index is 1.56. The molecule has 7 nitrogen and oxygen atoms in total. The van der Waals surface area contributed by atoms with Crippen molar-refractivity contribution in [2.24, 2.45) is 0 Å². The van der Waals surface area contributed by atoms with Crippen LogP contribution in [0.1, 0.15) is 43.2 Å². The van der Waals surface area contributed by atoms with Gasteiger partial charge in [-0.15, -0.1) is 0 Å². The van der Waals surface area contributed by atoms with Crippen LogP contribution in [0.25, 0.3) is 0 Å². The average molecular weight is 679 g/mol. The molecule has 240 valence electrons. The number of amides is 2. The van der Waals surface area contributed by atoms with Crippen LogP contribution in [0.4, 0.5) is 5.69 Å². The molecule has 0 unspecified atom stereocenters. The molecule has 0 aromatic heterocycles. The van der Waals surface area contributed by atoms with Crippen LogP contribution >= 0.6 is 23.2 Å². The number of nitrogens with zero attached hydrogens (tertiary/aromatic N) is 2. The molecule has 5 rings (SSSR count). The van der Waals surface area contributed by atoms with Gasteiger partial charge in [-0.1, -0.05) is 115 Å². The monoisotopic (exact) mass is 677 g/mol. The maximum absolute atomic E-state index is 14.6. The Morgan fingerprint density at radius 3 is 2.09 bits per heavy atom. The number of rotatable bonds is 12. The van der Waals surface area contributed by atoms with Crippen molar-refractivity contribution < 1.29 is 18.0 Å². The number of carbonyl (C=O) groups excluding carboxylic acids is 2. The van der Waals surface area contributed by atoms with E-state index in [1.54, 1.807) is 60.7 Å². The number of carbonyl (C=O) groups is 2. The highest BCUT2D eigenvalue weighted by Crippen LogP contribution is 2.31. The Morgan fingerprint density at radius 2 is 1.41 bits per heavy atom. The highest BCUT2D eigenvalue weighted by Gasteiger charge is 2.36. The first-order chi connectivity index (χ1) is 22.2. The van der Waals surface area contributed by atoms with Crippen LogP contribution in [0, 0.1) is 0 Å². The van der Waals surface area contributed by atoms with Crippen LogP contribution < -0.4 is 9.62 Å². The molecule has 0 spiro atoms. The summed E-state index contributed by atoms with van der Waals surface area (Å²) in [5.41, 5.74) is 1.74. The number of hydrogen-bond acceptors (Lipinski definition) is 4. The highest BCUT2D eigenvalue weighted by atomic mass is 35.5. The first-order valence-electron chi connectivity index (χ1n) is 15.4. The first kappa shape index (κ1) is 33.5. The minimum absolute atomic E-state index is 0.0139. The fraction of sp³-hybridized carbons (Fsp3) is 0.278. The second-order valence-electron chi connectivity index (χ2n) is 11.5. The standard InChI is InChI=1S/C36H37Cl2N3O4S/c37-29-16-12-15-28(23-29)25-40(34(24-27-13-4-1-5-14-27)36(43)39-30-17-6-2-7-18-30)35(42)26-41(33-22-11-10-21-32(33)38)46(44,45)31-19-8-3-9-20-31/h1,3-5,8-16,19-23,30,34H,2,6-7,17-18,24-26H2,(H,39,43)/t34-/m1/s1. The lowest BCUT2D eigenvalue weighted by atomic mass is 9.94. The van der Waals surface area contributed by atoms with E-state index in [9.17, 15) is 18.0 Å². The maximum Gasteiger partial charge on any atom is 0.264 e. The predicted molar refractivity (Wildman–Crippen MR) is 183 cm³/mol. The molecular weight excluding hydrogens is 641 g/mol. The molecule has 0 bridgehead atoms. The fourth-order valence-corrected chi connectivity index (χ4v) is 7.77. The van der Waals surface area contributed by atoms with Gasteiger partial charge in [-0.3, -0.25) is 13.9 Å². The zero-order valence-corrected chi connectivity index (χ0v) is 27.7. The van der Waals surface area contributed by atoms with Gasteiger partial charge in [-0.25, -0.2) is 8.42 Å². The van der Waals surface area contributed by atoms with E-state index in [1.807, 2.05) is 36.4 Å². The van der Waals surface area contributed by atoms with E-state index in [0.29, 0.717) is 10.6 Å². The molecule has 4 aromatic carbocycles. The number of sulfonamides is 1. The molecular formula is C36H37Cl2N3O4S. The van der Waals surface area contributed by atoms with Gasteiger partial charge in [0.2, 0.25) is 11.8 Å². The molecule has 46 heavy (non-hydrogen) atoms. The SMILES string of the molecule is O=C(NC1CCCCC1)[C@@H](Cc1ccccc1)N(Cc1cccc(Cl)c1)C(=O)CN(c1ccccc1Cl)S(=O)(=O)c1ccccc1. The number of nitrogens with one attached hydrogen (secondary N) is 1. The van der Waals surface area contributed by atoms with Crippen molar-refractivity contribution in [3.05, 3.63) is 130 Å². The summed E-state index contributed by atoms with van der Waals surface area (Å²) in [6.45, 7) is -0.541. The molecule has 1 saturated carbocycles. The number of halogens is 2. The quantitative estimate of drug-likeness (QED) is 0.171. The van der Waals surface area contributed by atoms with Crippen molar-refractivity contribution in [3.63, 3.8) is 0 Å². The van der Waals surface area contributed by atoms with Crippen molar-refractivity contribution in [2.75, 3.05) is 10.8 Å². The first-order valence-corrected chi connectivity index (χ1v) is 17.6. The summed E-state index contributed by atoms with van der Waals surface area (Å²) >= 11 is 12.9. The van der Waals surface area contributed by atoms with Crippen molar-refractivity contribution in [3.8, 4) is 0 Å². The molecule has 1 fully saturated rings. The molecule has 1 aliphatic rings. The van der Waals surface area contributed by atoms with E-state index in [1.165, 1.54) is 17.0 Å². The summed E-state index contributed by atoms with van der Waals surface area (Å²) in [5, 5.41) is 3.87. The summed E-state index contributed by atoms with van der Waals surface area (Å²) in [7, 11) is -4.23. The predicted octanol–water partition coefficient (Wildman–Crippen LogP) is 7.28. The summed E-state index contributed by atoms with van der Waals surface area (Å²) in [4.78, 5) is 30.2. The van der Waals surface area contributed by atoms with E-state index in [-0.39, 0.29) is 40.5 Å². The molecule has 0 heterocycles. The summed E-state index contributed by atoms with van der Waals surface area (Å²) in [6.07, 6.45) is 5.19. The zero-order valence-electron chi connectivity index (χ0n) is 25.4. The molecule has 4 aromatic rings. The lowest BCUT2D eigenvalue weighted by molar-refractivity contribution is -0.140. The third-order valence-electron chi connectivity index (χ3n) is 8.20. The Morgan fingerprint density at radius 1 is 0.783 bits per heavy atom. The summed E-state index contributed by atoms with van der Waals surface area (Å²) in [6, 6.07) is 30.1. The normalized spacial score (nSPS) is 14.3. The number of anilines is 1. The molecule has 0 radical (unpaired) electrons. The Bertz CT molecular complexity index is 1730. The topological polar surface area (TPSA) is 86.8 Å². The molecule has 0 saturated heterocycles. The van der Waals surface area contributed by atoms with Gasteiger partial charge in [0.15, 0.2) is 0 Å². The largest absolute Gasteiger partial charge is 0.352 e. The van der Waals surface area contributed by atoms with E-state index >= 15 is 0 Å². The van der Waals surface area contributed by atoms with Crippen molar-refractivity contribution in [1.82, 2.24) is 10.2 Å². The van der Waals surface area contributed by atoms with Gasteiger partial charge < -0.3 is 10.2 Å². The third kappa shape index (κ3) is 8.49. The summed E-state index contributed by atoms with van der Waals surface area (Å²) in [5.74, 6) is -0.833. The third-order valence-corrected chi connectivity index (χ3v) is 10.5. The van der Waals surface area contributed by atoms with E-state index in [0.717, 1.165) is 42.0 Å². The van der Waals surface area contributed by atoms with Crippen LogP contribution in [-0.2, 0) is 32.6 Å². The van der Waals surface area contributed by atoms with Crippen LogP contribution in [0.3, 0.4) is 0 Å². The molecule has 1 atom stereocenters. The van der Waals surface area contributed by atoms with Gasteiger partial charge in [0.1, 0.15) is 12.6 Å². The lowest BCUT2D eigenvalue weighted by Gasteiger charge is -2.35. The van der Waals surface area contributed by atoms with Gasteiger partial charge >= 0.3 is 0 Å². The van der Waals surface area contributed by atoms with Gasteiger partial charge in [0.05, 0.1) is 15.6 Å². The van der Waals surface area contributed by atoms with Gasteiger partial charge in [0, 0.05) is 24.0 Å². The van der Waals surface area contributed by atoms with Crippen LogP contribution in [-0.4, -0.2) is 43.8 Å². The van der Waals surface area contributed by atoms with Crippen molar-refractivity contribution >= 4 is 50.7 Å². The maximum atomic E-state index is 14.6. The molecule has 2 amide bonds. The van der Waals surface area contributed by atoms with Crippen LogP contribution in [0.15, 0.2) is 114 Å². The van der Waals surface area contributed by atoms with E-state index in [2.05, 4.69) is 5.32 Å². The minimum atomic E-state index is -4.23. The van der Waals surface area contributed by atoms with Crippen LogP contribution in [0.5, 0.6) is 0 Å². The number of para-hydroxylation sites is 1. The minimum Gasteiger partial charge on any atom is -0.352 e. The highest BCUT2D eigenvalue weighted by molar-refractivity contribution is 7.92. The second-order valence-corrected chi connectivity index (χ2v) is 14.2. The fourth-order valence-electron chi connectivity index (χ4n) is 5.82. The molecule has 1 N–H and O–H groups in total.